The molecule has 0 aromatic rings. The minimum atomic E-state index is 1.02. The highest BCUT2D eigenvalue weighted by molar-refractivity contribution is 6.21. The van der Waals surface area contributed by atoms with Gasteiger partial charge in [-0.3, -0.25) is 0 Å². The largest absolute Gasteiger partial charge is 0.117 e. The lowest BCUT2D eigenvalue weighted by atomic mass is 9.86. The van der Waals surface area contributed by atoms with Gasteiger partial charge in [-0.2, -0.15) is 0 Å². The minimum Gasteiger partial charge on any atom is -0.117 e. The van der Waals surface area contributed by atoms with E-state index in [1.54, 1.807) is 0 Å². The summed E-state index contributed by atoms with van der Waals surface area (Å²) >= 11 is 0. The van der Waals surface area contributed by atoms with E-state index in [0.29, 0.717) is 0 Å². The molecule has 1 aliphatic rings. The summed E-state index contributed by atoms with van der Waals surface area (Å²) in [5, 5.41) is 0. The third-order valence-electron chi connectivity index (χ3n) is 1.31. The molecule has 0 spiro atoms. The fourth-order valence-corrected chi connectivity index (χ4v) is 0.890. The van der Waals surface area contributed by atoms with E-state index >= 15 is 0 Å². The monoisotopic (exact) mass is 104 g/mol. The van der Waals surface area contributed by atoms with E-state index in [4.69, 9.17) is 7.85 Å². The predicted molar refractivity (Wildman–Crippen MR) is 36.8 cm³/mol. The lowest BCUT2D eigenvalue weighted by Gasteiger charge is -2.05. The molecular weight excluding hydrogens is 94.9 g/mol. The van der Waals surface area contributed by atoms with Crippen molar-refractivity contribution in [2.24, 2.45) is 0 Å². The van der Waals surface area contributed by atoms with E-state index in [1.165, 1.54) is 5.57 Å². The Morgan fingerprint density at radius 3 is 2.75 bits per heavy atom. The Kier molecular flexibility index (Phi) is 1.57. The molecule has 0 saturated heterocycles. The van der Waals surface area contributed by atoms with Crippen molar-refractivity contribution in [3.63, 3.8) is 0 Å². The van der Waals surface area contributed by atoms with Crippen LogP contribution in [-0.2, 0) is 0 Å². The molecular formula is C7H9B. The maximum absolute atomic E-state index is 5.55. The summed E-state index contributed by atoms with van der Waals surface area (Å²) in [6, 6.07) is 0. The van der Waals surface area contributed by atoms with Crippen molar-refractivity contribution in [2.45, 2.75) is 19.8 Å². The van der Waals surface area contributed by atoms with Crippen molar-refractivity contribution >= 4 is 7.85 Å². The second-order valence-corrected chi connectivity index (χ2v) is 2.21. The molecule has 0 saturated carbocycles. The van der Waals surface area contributed by atoms with Gasteiger partial charge < -0.3 is 0 Å². The van der Waals surface area contributed by atoms with Crippen LogP contribution in [-0.4, -0.2) is 7.85 Å². The Hall–Kier alpha value is -0.455. The molecule has 0 aromatic carbocycles. The van der Waals surface area contributed by atoms with Gasteiger partial charge in [-0.25, -0.2) is 0 Å². The third kappa shape index (κ3) is 1.26. The Labute approximate surface area is 51.7 Å². The van der Waals surface area contributed by atoms with Crippen LogP contribution in [0.25, 0.3) is 0 Å². The summed E-state index contributed by atoms with van der Waals surface area (Å²) < 4.78 is 0. The first-order valence-corrected chi connectivity index (χ1v) is 2.92. The van der Waals surface area contributed by atoms with Crippen LogP contribution in [0.2, 0.25) is 0 Å². The number of hydrogen-bond donors (Lipinski definition) is 0. The predicted octanol–water partition coefficient (Wildman–Crippen LogP) is 1.78. The number of rotatable bonds is 0. The van der Waals surface area contributed by atoms with Gasteiger partial charge in [-0.15, -0.1) is 5.47 Å². The van der Waals surface area contributed by atoms with Gasteiger partial charge in [0.25, 0.3) is 0 Å². The van der Waals surface area contributed by atoms with Crippen LogP contribution in [0.3, 0.4) is 0 Å². The Morgan fingerprint density at radius 1 is 1.62 bits per heavy atom. The van der Waals surface area contributed by atoms with Crippen LogP contribution in [0.4, 0.5) is 0 Å². The zero-order valence-electron chi connectivity index (χ0n) is 5.15. The number of hydrogen-bond acceptors (Lipinski definition) is 0. The molecule has 0 amide bonds. The second-order valence-electron chi connectivity index (χ2n) is 2.21. The van der Waals surface area contributed by atoms with Crippen LogP contribution in [0.5, 0.6) is 0 Å². The summed E-state index contributed by atoms with van der Waals surface area (Å²) in [6.45, 7) is 2.08. The van der Waals surface area contributed by atoms with Gasteiger partial charge in [0.2, 0.25) is 0 Å². The maximum atomic E-state index is 5.55. The van der Waals surface area contributed by atoms with Crippen molar-refractivity contribution in [1.29, 1.82) is 0 Å². The smallest absolute Gasteiger partial charge is 0.107 e. The van der Waals surface area contributed by atoms with E-state index < -0.39 is 0 Å². The van der Waals surface area contributed by atoms with Crippen molar-refractivity contribution in [2.75, 3.05) is 0 Å². The lowest BCUT2D eigenvalue weighted by Crippen LogP contribution is -1.88. The van der Waals surface area contributed by atoms with Gasteiger partial charge in [0.05, 0.1) is 0 Å². The van der Waals surface area contributed by atoms with E-state index in [1.807, 2.05) is 6.08 Å². The fraction of sp³-hybridized carbons (Fsp3) is 0.429. The molecule has 1 aliphatic carbocycles. The van der Waals surface area contributed by atoms with Crippen molar-refractivity contribution in [1.82, 2.24) is 0 Å². The molecule has 0 aromatic heterocycles. The Balaban J connectivity index is 2.69. The molecule has 40 valence electrons. The van der Waals surface area contributed by atoms with Crippen molar-refractivity contribution in [3.05, 3.63) is 23.2 Å². The molecule has 0 nitrogen and oxygen atoms in total. The molecule has 0 aliphatic heterocycles. The molecule has 0 atom stereocenters. The van der Waals surface area contributed by atoms with Crippen LogP contribution in [0.15, 0.2) is 23.2 Å². The maximum Gasteiger partial charge on any atom is 0.107 e. The van der Waals surface area contributed by atoms with E-state index in [2.05, 4.69) is 13.0 Å². The highest BCUT2D eigenvalue weighted by atomic mass is 14.0. The van der Waals surface area contributed by atoms with Crippen LogP contribution >= 0.6 is 0 Å². The zero-order valence-corrected chi connectivity index (χ0v) is 5.15. The quantitative estimate of drug-likeness (QED) is 0.411. The molecule has 0 fully saturated rings. The molecule has 0 heterocycles. The minimum absolute atomic E-state index is 1.02. The SMILES string of the molecule is [B]C1=CC(C)=CCC1. The summed E-state index contributed by atoms with van der Waals surface area (Å²) in [4.78, 5) is 0. The highest BCUT2D eigenvalue weighted by Crippen LogP contribution is 2.12. The summed E-state index contributed by atoms with van der Waals surface area (Å²) in [7, 11) is 5.55. The van der Waals surface area contributed by atoms with Crippen LogP contribution < -0.4 is 0 Å². The van der Waals surface area contributed by atoms with Gasteiger partial charge >= 0.3 is 0 Å². The molecule has 0 unspecified atom stereocenters. The summed E-state index contributed by atoms with van der Waals surface area (Å²) in [5.41, 5.74) is 2.32. The van der Waals surface area contributed by atoms with Crippen molar-refractivity contribution in [3.8, 4) is 0 Å². The molecule has 0 N–H and O–H groups in total. The van der Waals surface area contributed by atoms with E-state index in [-0.39, 0.29) is 0 Å². The average molecular weight is 104 g/mol. The first-order chi connectivity index (χ1) is 3.79. The van der Waals surface area contributed by atoms with Crippen molar-refractivity contribution < 1.29 is 0 Å². The highest BCUT2D eigenvalue weighted by Gasteiger charge is 1.94. The van der Waals surface area contributed by atoms with E-state index in [0.717, 1.165) is 18.3 Å². The molecule has 0 bridgehead atoms. The summed E-state index contributed by atoms with van der Waals surface area (Å²) in [6.07, 6.45) is 6.39. The Bertz CT molecular complexity index is 142. The molecule has 1 heteroatoms. The zero-order chi connectivity index (χ0) is 5.98. The van der Waals surface area contributed by atoms with Gasteiger partial charge in [-0.05, 0) is 19.8 Å². The van der Waals surface area contributed by atoms with Gasteiger partial charge in [0, 0.05) is 0 Å². The molecule has 8 heavy (non-hydrogen) atoms. The lowest BCUT2D eigenvalue weighted by molar-refractivity contribution is 0.997. The average Bonchev–Trinajstić information content (AvgIpc) is 1.64. The Morgan fingerprint density at radius 2 is 2.38 bits per heavy atom. The normalized spacial score (nSPS) is 19.6. The second kappa shape index (κ2) is 2.21. The molecule has 1 rings (SSSR count). The standard InChI is InChI=1S/C7H9B/c1-6-3-2-4-7(8)5-6/h3,5H,2,4H2,1H3. The summed E-state index contributed by atoms with van der Waals surface area (Å²) in [5.74, 6) is 0. The number of allylic oxidation sites excluding steroid dienone is 4. The van der Waals surface area contributed by atoms with Gasteiger partial charge in [-0.1, -0.05) is 17.7 Å². The van der Waals surface area contributed by atoms with Crippen LogP contribution in [0.1, 0.15) is 19.8 Å². The molecule has 2 radical (unpaired) electrons. The topological polar surface area (TPSA) is 0 Å². The van der Waals surface area contributed by atoms with Gasteiger partial charge in [0.15, 0.2) is 0 Å². The van der Waals surface area contributed by atoms with Gasteiger partial charge in [0.1, 0.15) is 7.85 Å². The first-order valence-electron chi connectivity index (χ1n) is 2.92. The van der Waals surface area contributed by atoms with E-state index in [9.17, 15) is 0 Å². The fourth-order valence-electron chi connectivity index (χ4n) is 0.890. The first kappa shape index (κ1) is 5.68. The van der Waals surface area contributed by atoms with Crippen LogP contribution in [0, 0.1) is 0 Å². The third-order valence-corrected chi connectivity index (χ3v) is 1.31.